The van der Waals surface area contributed by atoms with Gasteiger partial charge in [-0.1, -0.05) is 6.92 Å². The molecule has 1 aliphatic rings. The number of benzene rings is 1. The van der Waals surface area contributed by atoms with E-state index in [2.05, 4.69) is 12.2 Å². The average Bonchev–Trinajstić information content (AvgIpc) is 3.19. The molecule has 0 amide bonds. The molecule has 0 aromatic heterocycles. The van der Waals surface area contributed by atoms with E-state index in [4.69, 9.17) is 9.47 Å². The van der Waals surface area contributed by atoms with Crippen molar-refractivity contribution in [1.29, 1.82) is 0 Å². The van der Waals surface area contributed by atoms with Gasteiger partial charge in [-0.3, -0.25) is 0 Å². The van der Waals surface area contributed by atoms with Crippen LogP contribution in [0.4, 0.5) is 5.69 Å². The number of anilines is 1. The summed E-state index contributed by atoms with van der Waals surface area (Å²) in [4.78, 5) is 0. The van der Waals surface area contributed by atoms with Crippen LogP contribution in [0.3, 0.4) is 0 Å². The molecule has 1 saturated carbocycles. The fourth-order valence-electron chi connectivity index (χ4n) is 2.16. The summed E-state index contributed by atoms with van der Waals surface area (Å²) in [5.41, 5.74) is 1.08. The van der Waals surface area contributed by atoms with Crippen molar-refractivity contribution >= 4 is 5.69 Å². The predicted octanol–water partition coefficient (Wildman–Crippen LogP) is 3.30. The van der Waals surface area contributed by atoms with E-state index < -0.39 is 0 Å². The van der Waals surface area contributed by atoms with Gasteiger partial charge < -0.3 is 14.8 Å². The molecule has 1 aromatic carbocycles. The molecule has 1 atom stereocenters. The van der Waals surface area contributed by atoms with Gasteiger partial charge in [-0.05, 0) is 25.2 Å². The smallest absolute Gasteiger partial charge is 0.124 e. The number of nitrogens with one attached hydrogen (secondary N) is 1. The first-order chi connectivity index (χ1) is 8.26. The lowest BCUT2D eigenvalue weighted by molar-refractivity contribution is 0.394. The van der Waals surface area contributed by atoms with Crippen LogP contribution in [0.5, 0.6) is 11.5 Å². The topological polar surface area (TPSA) is 30.5 Å². The summed E-state index contributed by atoms with van der Waals surface area (Å²) in [5.74, 6) is 2.51. The molecule has 3 nitrogen and oxygen atoms in total. The van der Waals surface area contributed by atoms with Crippen LogP contribution < -0.4 is 14.8 Å². The molecule has 0 radical (unpaired) electrons. The third-order valence-electron chi connectivity index (χ3n) is 3.33. The van der Waals surface area contributed by atoms with Crippen molar-refractivity contribution < 1.29 is 9.47 Å². The van der Waals surface area contributed by atoms with Gasteiger partial charge in [0.15, 0.2) is 0 Å². The Morgan fingerprint density at radius 3 is 2.18 bits per heavy atom. The second-order valence-corrected chi connectivity index (χ2v) is 4.60. The van der Waals surface area contributed by atoms with E-state index >= 15 is 0 Å². The van der Waals surface area contributed by atoms with E-state index in [1.807, 2.05) is 18.2 Å². The van der Waals surface area contributed by atoms with Gasteiger partial charge in [-0.2, -0.15) is 0 Å². The van der Waals surface area contributed by atoms with Gasteiger partial charge in [0.1, 0.15) is 11.5 Å². The van der Waals surface area contributed by atoms with E-state index in [0.29, 0.717) is 6.04 Å². The monoisotopic (exact) mass is 235 g/mol. The molecule has 0 bridgehead atoms. The maximum absolute atomic E-state index is 5.27. The van der Waals surface area contributed by atoms with Crippen LogP contribution in [-0.4, -0.2) is 20.3 Å². The van der Waals surface area contributed by atoms with E-state index in [9.17, 15) is 0 Å². The van der Waals surface area contributed by atoms with Crippen LogP contribution >= 0.6 is 0 Å². The summed E-state index contributed by atoms with van der Waals surface area (Å²) in [6, 6.07) is 6.51. The zero-order chi connectivity index (χ0) is 12.3. The van der Waals surface area contributed by atoms with Crippen LogP contribution in [-0.2, 0) is 0 Å². The van der Waals surface area contributed by atoms with Crippen LogP contribution in [0.2, 0.25) is 0 Å². The molecule has 0 spiro atoms. The lowest BCUT2D eigenvalue weighted by atomic mass is 10.1. The Morgan fingerprint density at radius 1 is 1.18 bits per heavy atom. The molecular weight excluding hydrogens is 214 g/mol. The largest absolute Gasteiger partial charge is 0.497 e. The fraction of sp³-hybridized carbons (Fsp3) is 0.571. The molecule has 2 rings (SSSR count). The van der Waals surface area contributed by atoms with Gasteiger partial charge in [-0.15, -0.1) is 0 Å². The van der Waals surface area contributed by atoms with Crippen LogP contribution in [0.15, 0.2) is 18.2 Å². The number of ether oxygens (including phenoxy) is 2. The highest BCUT2D eigenvalue weighted by atomic mass is 16.5. The lowest BCUT2D eigenvalue weighted by Gasteiger charge is -2.18. The van der Waals surface area contributed by atoms with Gasteiger partial charge in [-0.25, -0.2) is 0 Å². The Labute approximate surface area is 103 Å². The molecule has 1 aliphatic carbocycles. The van der Waals surface area contributed by atoms with Gasteiger partial charge in [0, 0.05) is 29.9 Å². The summed E-state index contributed by atoms with van der Waals surface area (Å²) in [5, 5.41) is 3.58. The Kier molecular flexibility index (Phi) is 3.77. The summed E-state index contributed by atoms with van der Waals surface area (Å²) < 4.78 is 10.5. The third kappa shape index (κ3) is 3.05. The Balaban J connectivity index is 2.12. The summed E-state index contributed by atoms with van der Waals surface area (Å²) in [6.45, 7) is 2.23. The molecule has 1 N–H and O–H groups in total. The Morgan fingerprint density at radius 2 is 1.76 bits per heavy atom. The average molecular weight is 235 g/mol. The van der Waals surface area contributed by atoms with Crippen LogP contribution in [0, 0.1) is 5.92 Å². The Hall–Kier alpha value is -1.38. The SMILES string of the molecule is CCC(Nc1cc(OC)cc(OC)c1)C1CC1. The second kappa shape index (κ2) is 5.30. The molecule has 0 aliphatic heterocycles. The maximum atomic E-state index is 5.27. The molecule has 17 heavy (non-hydrogen) atoms. The van der Waals surface area contributed by atoms with Gasteiger partial charge in [0.05, 0.1) is 14.2 Å². The summed E-state index contributed by atoms with van der Waals surface area (Å²) >= 11 is 0. The van der Waals surface area contributed by atoms with Crippen molar-refractivity contribution in [3.63, 3.8) is 0 Å². The van der Waals surface area contributed by atoms with Gasteiger partial charge in [0.25, 0.3) is 0 Å². The van der Waals surface area contributed by atoms with Gasteiger partial charge >= 0.3 is 0 Å². The molecule has 1 unspecified atom stereocenters. The normalized spacial score (nSPS) is 16.4. The van der Waals surface area contributed by atoms with Crippen molar-refractivity contribution in [2.24, 2.45) is 5.92 Å². The maximum Gasteiger partial charge on any atom is 0.124 e. The van der Waals surface area contributed by atoms with E-state index in [0.717, 1.165) is 29.5 Å². The number of rotatable bonds is 6. The number of methoxy groups -OCH3 is 2. The van der Waals surface area contributed by atoms with Crippen molar-refractivity contribution in [2.75, 3.05) is 19.5 Å². The van der Waals surface area contributed by atoms with E-state index in [1.54, 1.807) is 14.2 Å². The third-order valence-corrected chi connectivity index (χ3v) is 3.33. The summed E-state index contributed by atoms with van der Waals surface area (Å²) in [6.07, 6.45) is 3.86. The summed E-state index contributed by atoms with van der Waals surface area (Å²) in [7, 11) is 3.35. The quantitative estimate of drug-likeness (QED) is 0.820. The zero-order valence-corrected chi connectivity index (χ0v) is 10.8. The highest BCUT2D eigenvalue weighted by Gasteiger charge is 2.29. The van der Waals surface area contributed by atoms with Gasteiger partial charge in [0.2, 0.25) is 0 Å². The van der Waals surface area contributed by atoms with Crippen molar-refractivity contribution in [3.05, 3.63) is 18.2 Å². The predicted molar refractivity (Wildman–Crippen MR) is 70.0 cm³/mol. The fourth-order valence-corrected chi connectivity index (χ4v) is 2.16. The zero-order valence-electron chi connectivity index (χ0n) is 10.8. The first-order valence-electron chi connectivity index (χ1n) is 6.26. The van der Waals surface area contributed by atoms with Crippen molar-refractivity contribution in [2.45, 2.75) is 32.2 Å². The van der Waals surface area contributed by atoms with E-state index in [1.165, 1.54) is 12.8 Å². The molecule has 3 heteroatoms. The minimum atomic E-state index is 0.576. The van der Waals surface area contributed by atoms with Crippen molar-refractivity contribution in [1.82, 2.24) is 0 Å². The van der Waals surface area contributed by atoms with Crippen molar-refractivity contribution in [3.8, 4) is 11.5 Å². The van der Waals surface area contributed by atoms with Crippen LogP contribution in [0.25, 0.3) is 0 Å². The standard InChI is InChI=1S/C14H21NO2/c1-4-14(10-5-6-10)15-11-7-12(16-2)9-13(8-11)17-3/h7-10,14-15H,4-6H2,1-3H3. The Bertz CT molecular complexity index is 352. The first kappa shape index (κ1) is 12.1. The highest BCUT2D eigenvalue weighted by molar-refractivity contribution is 5.54. The minimum Gasteiger partial charge on any atom is -0.497 e. The molecule has 0 heterocycles. The number of hydrogen-bond acceptors (Lipinski definition) is 3. The van der Waals surface area contributed by atoms with Crippen LogP contribution in [0.1, 0.15) is 26.2 Å². The molecule has 1 aromatic rings. The lowest BCUT2D eigenvalue weighted by Crippen LogP contribution is -2.20. The molecule has 1 fully saturated rings. The minimum absolute atomic E-state index is 0.576. The number of hydrogen-bond donors (Lipinski definition) is 1. The molecule has 0 saturated heterocycles. The highest BCUT2D eigenvalue weighted by Crippen LogP contribution is 2.36. The van der Waals surface area contributed by atoms with E-state index in [-0.39, 0.29) is 0 Å². The molecular formula is C14H21NO2. The first-order valence-corrected chi connectivity index (χ1v) is 6.26. The molecule has 94 valence electrons. The second-order valence-electron chi connectivity index (χ2n) is 4.60.